The van der Waals surface area contributed by atoms with E-state index in [4.69, 9.17) is 0 Å². The van der Waals surface area contributed by atoms with Crippen LogP contribution in [0.25, 0.3) is 0 Å². The number of urea groups is 1. The second-order valence-electron chi connectivity index (χ2n) is 5.12. The monoisotopic (exact) mass is 301 g/mol. The molecule has 0 aliphatic carbocycles. The first-order valence-electron chi connectivity index (χ1n) is 6.80. The summed E-state index contributed by atoms with van der Waals surface area (Å²) in [6.07, 6.45) is -2.55. The van der Waals surface area contributed by atoms with Gasteiger partial charge in [0.1, 0.15) is 0 Å². The van der Waals surface area contributed by atoms with Crippen LogP contribution in [0.2, 0.25) is 0 Å². The number of halogens is 3. The Kier molecular flexibility index (Phi) is 4.72. The summed E-state index contributed by atoms with van der Waals surface area (Å²) in [4.78, 5) is 13.6. The molecule has 0 aromatic heterocycles. The number of benzene rings is 1. The number of nitrogens with one attached hydrogen (secondary N) is 2. The molecule has 0 bridgehead atoms. The third kappa shape index (κ3) is 4.10. The van der Waals surface area contributed by atoms with Gasteiger partial charge in [0.25, 0.3) is 0 Å². The molecule has 21 heavy (non-hydrogen) atoms. The number of piperidine rings is 1. The van der Waals surface area contributed by atoms with Gasteiger partial charge < -0.3 is 15.5 Å². The van der Waals surface area contributed by atoms with Crippen LogP contribution >= 0.6 is 0 Å². The van der Waals surface area contributed by atoms with Gasteiger partial charge in [0.05, 0.1) is 5.56 Å². The molecule has 116 valence electrons. The van der Waals surface area contributed by atoms with Crippen LogP contribution in [0, 0.1) is 0 Å². The minimum Gasteiger partial charge on any atom is -0.323 e. The van der Waals surface area contributed by atoms with Crippen LogP contribution in [-0.4, -0.2) is 37.1 Å². The van der Waals surface area contributed by atoms with Crippen molar-refractivity contribution in [3.63, 3.8) is 0 Å². The summed E-state index contributed by atoms with van der Waals surface area (Å²) in [5, 5.41) is 5.70. The highest BCUT2D eigenvalue weighted by molar-refractivity contribution is 5.89. The molecule has 0 saturated carbocycles. The first-order chi connectivity index (χ1) is 9.88. The number of alkyl halides is 3. The minimum atomic E-state index is -4.42. The molecule has 1 aliphatic heterocycles. The van der Waals surface area contributed by atoms with Crippen molar-refractivity contribution < 1.29 is 18.0 Å². The van der Waals surface area contributed by atoms with Crippen molar-refractivity contribution in [3.05, 3.63) is 29.8 Å². The Bertz CT molecular complexity index is 498. The predicted octanol–water partition coefficient (Wildman–Crippen LogP) is 2.92. The van der Waals surface area contributed by atoms with E-state index in [0.717, 1.165) is 31.5 Å². The molecule has 1 fully saturated rings. The molecule has 0 radical (unpaired) electrons. The van der Waals surface area contributed by atoms with E-state index in [2.05, 4.69) is 10.6 Å². The number of anilines is 1. The van der Waals surface area contributed by atoms with Gasteiger partial charge in [0.15, 0.2) is 0 Å². The number of hydrogen-bond donors (Lipinski definition) is 2. The number of carbonyl (C=O) groups excluding carboxylic acids is 1. The van der Waals surface area contributed by atoms with Gasteiger partial charge in [-0.1, -0.05) is 6.07 Å². The highest BCUT2D eigenvalue weighted by Crippen LogP contribution is 2.30. The van der Waals surface area contributed by atoms with Crippen molar-refractivity contribution in [1.29, 1.82) is 0 Å². The maximum Gasteiger partial charge on any atom is 0.416 e. The zero-order valence-corrected chi connectivity index (χ0v) is 11.7. The standard InChI is InChI=1S/C14H18F3N3O/c1-20(12-6-3-7-18-9-12)13(21)19-11-5-2-4-10(8-11)14(15,16)17/h2,4-5,8,12,18H,3,6-7,9H2,1H3,(H,19,21). The van der Waals surface area contributed by atoms with Crippen LogP contribution in [0.5, 0.6) is 0 Å². The fourth-order valence-corrected chi connectivity index (χ4v) is 2.31. The van der Waals surface area contributed by atoms with Crippen molar-refractivity contribution >= 4 is 11.7 Å². The smallest absolute Gasteiger partial charge is 0.323 e. The maximum atomic E-state index is 12.6. The SMILES string of the molecule is CN(C(=O)Nc1cccc(C(F)(F)F)c1)C1CCCNC1. The summed E-state index contributed by atoms with van der Waals surface area (Å²) in [7, 11) is 1.65. The van der Waals surface area contributed by atoms with E-state index in [9.17, 15) is 18.0 Å². The Hall–Kier alpha value is -1.76. The third-order valence-electron chi connectivity index (χ3n) is 3.58. The van der Waals surface area contributed by atoms with Gasteiger partial charge in [-0.15, -0.1) is 0 Å². The van der Waals surface area contributed by atoms with Crippen LogP contribution < -0.4 is 10.6 Å². The number of hydrogen-bond acceptors (Lipinski definition) is 2. The lowest BCUT2D eigenvalue weighted by Gasteiger charge is -2.31. The van der Waals surface area contributed by atoms with Crippen LogP contribution in [0.3, 0.4) is 0 Å². The average molecular weight is 301 g/mol. The van der Waals surface area contributed by atoms with E-state index in [-0.39, 0.29) is 11.7 Å². The van der Waals surface area contributed by atoms with E-state index in [0.29, 0.717) is 6.54 Å². The zero-order chi connectivity index (χ0) is 15.5. The summed E-state index contributed by atoms with van der Waals surface area (Å²) in [6.45, 7) is 1.63. The third-order valence-corrected chi connectivity index (χ3v) is 3.58. The first kappa shape index (κ1) is 15.6. The van der Waals surface area contributed by atoms with Crippen molar-refractivity contribution in [1.82, 2.24) is 10.2 Å². The number of nitrogens with zero attached hydrogens (tertiary/aromatic N) is 1. The normalized spacial score (nSPS) is 19.1. The summed E-state index contributed by atoms with van der Waals surface area (Å²) in [6, 6.07) is 4.29. The maximum absolute atomic E-state index is 12.6. The Labute approximate surface area is 121 Å². The highest BCUT2D eigenvalue weighted by atomic mass is 19.4. The average Bonchev–Trinajstić information content (AvgIpc) is 2.47. The van der Waals surface area contributed by atoms with Gasteiger partial charge in [0.2, 0.25) is 0 Å². The summed E-state index contributed by atoms with van der Waals surface area (Å²) in [5.41, 5.74) is -0.632. The number of rotatable bonds is 2. The lowest BCUT2D eigenvalue weighted by atomic mass is 10.1. The Morgan fingerprint density at radius 3 is 2.81 bits per heavy atom. The molecule has 1 aliphatic rings. The number of amides is 2. The summed E-state index contributed by atoms with van der Waals surface area (Å²) >= 11 is 0. The molecule has 1 heterocycles. The van der Waals surface area contributed by atoms with Gasteiger partial charge in [-0.3, -0.25) is 0 Å². The highest BCUT2D eigenvalue weighted by Gasteiger charge is 2.30. The Morgan fingerprint density at radius 2 is 2.19 bits per heavy atom. The zero-order valence-electron chi connectivity index (χ0n) is 11.7. The quantitative estimate of drug-likeness (QED) is 0.882. The van der Waals surface area contributed by atoms with E-state index < -0.39 is 17.8 Å². The van der Waals surface area contributed by atoms with Crippen molar-refractivity contribution in [2.75, 3.05) is 25.5 Å². The van der Waals surface area contributed by atoms with Crippen LogP contribution in [-0.2, 0) is 6.18 Å². The van der Waals surface area contributed by atoms with E-state index >= 15 is 0 Å². The largest absolute Gasteiger partial charge is 0.416 e. The lowest BCUT2D eigenvalue weighted by Crippen LogP contribution is -2.48. The van der Waals surface area contributed by atoms with Crippen molar-refractivity contribution in [3.8, 4) is 0 Å². The molecular weight excluding hydrogens is 283 g/mol. The van der Waals surface area contributed by atoms with Crippen molar-refractivity contribution in [2.45, 2.75) is 25.1 Å². The van der Waals surface area contributed by atoms with Crippen LogP contribution in [0.15, 0.2) is 24.3 Å². The van der Waals surface area contributed by atoms with Gasteiger partial charge in [-0.05, 0) is 37.6 Å². The van der Waals surface area contributed by atoms with E-state index in [1.807, 2.05) is 0 Å². The van der Waals surface area contributed by atoms with Crippen LogP contribution in [0.1, 0.15) is 18.4 Å². The minimum absolute atomic E-state index is 0.0598. The molecular formula is C14H18F3N3O. The second kappa shape index (κ2) is 6.34. The van der Waals surface area contributed by atoms with Gasteiger partial charge in [-0.25, -0.2) is 4.79 Å². The summed E-state index contributed by atoms with van der Waals surface area (Å²) in [5.74, 6) is 0. The predicted molar refractivity (Wildman–Crippen MR) is 74.1 cm³/mol. The Morgan fingerprint density at radius 1 is 1.43 bits per heavy atom. The summed E-state index contributed by atoms with van der Waals surface area (Å²) < 4.78 is 37.9. The molecule has 2 rings (SSSR count). The van der Waals surface area contributed by atoms with E-state index in [1.54, 1.807) is 7.05 Å². The fourth-order valence-electron chi connectivity index (χ4n) is 2.31. The molecule has 0 spiro atoms. The molecule has 1 unspecified atom stereocenters. The lowest BCUT2D eigenvalue weighted by molar-refractivity contribution is -0.137. The molecule has 1 atom stereocenters. The van der Waals surface area contributed by atoms with Crippen LogP contribution in [0.4, 0.5) is 23.7 Å². The second-order valence-corrected chi connectivity index (χ2v) is 5.12. The topological polar surface area (TPSA) is 44.4 Å². The first-order valence-corrected chi connectivity index (χ1v) is 6.80. The number of carbonyl (C=O) groups is 1. The van der Waals surface area contributed by atoms with Gasteiger partial charge >= 0.3 is 12.2 Å². The molecule has 2 amide bonds. The molecule has 1 aromatic rings. The molecule has 7 heteroatoms. The Balaban J connectivity index is 2.02. The molecule has 1 aromatic carbocycles. The fraction of sp³-hybridized carbons (Fsp3) is 0.500. The van der Waals surface area contributed by atoms with E-state index in [1.165, 1.54) is 17.0 Å². The van der Waals surface area contributed by atoms with Gasteiger partial charge in [-0.2, -0.15) is 13.2 Å². The molecule has 1 saturated heterocycles. The molecule has 4 nitrogen and oxygen atoms in total. The van der Waals surface area contributed by atoms with Gasteiger partial charge in [0, 0.05) is 25.3 Å². The van der Waals surface area contributed by atoms with Crippen molar-refractivity contribution in [2.24, 2.45) is 0 Å². The molecule has 2 N–H and O–H groups in total. The number of likely N-dealkylation sites (N-methyl/N-ethyl adjacent to an activating group) is 1.